The van der Waals surface area contributed by atoms with Crippen molar-refractivity contribution in [1.82, 2.24) is 0 Å². The van der Waals surface area contributed by atoms with Crippen LogP contribution in [0.25, 0.3) is 0 Å². The third kappa shape index (κ3) is 5.25. The number of carbonyl (C=O) groups is 2. The van der Waals surface area contributed by atoms with Crippen LogP contribution in [-0.2, 0) is 0 Å². The maximum absolute atomic E-state index is 11.9. The highest BCUT2D eigenvalue weighted by Crippen LogP contribution is 2.15. The number of ketones is 2. The fraction of sp³-hybridized carbons (Fsp3) is 0.263. The molecule has 0 unspecified atom stereocenters. The average molecular weight is 312 g/mol. The van der Waals surface area contributed by atoms with E-state index in [1.54, 1.807) is 24.3 Å². The second-order valence-electron chi connectivity index (χ2n) is 5.50. The number of Topliss-reactive ketones (excluding diaryl/α,β-unsaturated/α-hetero) is 2. The Morgan fingerprint density at radius 2 is 0.957 bits per heavy atom. The number of benzene rings is 2. The predicted molar refractivity (Wildman–Crippen MR) is 88.0 cm³/mol. The highest BCUT2D eigenvalue weighted by Gasteiger charge is 2.07. The molecule has 0 aliphatic heterocycles. The number of phenols is 2. The molecule has 0 aliphatic carbocycles. The van der Waals surface area contributed by atoms with E-state index in [-0.39, 0.29) is 23.1 Å². The number of rotatable bonds is 8. The molecule has 0 aliphatic rings. The minimum absolute atomic E-state index is 0.0508. The molecule has 2 rings (SSSR count). The van der Waals surface area contributed by atoms with Gasteiger partial charge in [0.2, 0.25) is 0 Å². The zero-order valence-electron chi connectivity index (χ0n) is 12.9. The lowest BCUT2D eigenvalue weighted by molar-refractivity contribution is 0.0978. The van der Waals surface area contributed by atoms with Gasteiger partial charge in [0.1, 0.15) is 11.5 Å². The molecule has 23 heavy (non-hydrogen) atoms. The maximum atomic E-state index is 11.9. The summed E-state index contributed by atoms with van der Waals surface area (Å²) < 4.78 is 0. The molecule has 2 N–H and O–H groups in total. The fourth-order valence-electron chi connectivity index (χ4n) is 2.33. The van der Waals surface area contributed by atoms with Gasteiger partial charge < -0.3 is 10.2 Å². The SMILES string of the molecule is O=C(CCCCCC(=O)c1ccc(O)cc1)c1ccc(O)cc1. The second kappa shape index (κ2) is 8.13. The van der Waals surface area contributed by atoms with Crippen LogP contribution >= 0.6 is 0 Å². The minimum Gasteiger partial charge on any atom is -0.508 e. The molecular formula is C19H20O4. The van der Waals surface area contributed by atoms with E-state index in [0.717, 1.165) is 19.3 Å². The van der Waals surface area contributed by atoms with E-state index >= 15 is 0 Å². The third-order valence-corrected chi connectivity index (χ3v) is 3.69. The van der Waals surface area contributed by atoms with Crippen LogP contribution in [0.2, 0.25) is 0 Å². The van der Waals surface area contributed by atoms with E-state index in [2.05, 4.69) is 0 Å². The molecule has 0 atom stereocenters. The van der Waals surface area contributed by atoms with Crippen molar-refractivity contribution in [3.8, 4) is 11.5 Å². The predicted octanol–water partition coefficient (Wildman–Crippen LogP) is 4.11. The molecule has 4 nitrogen and oxygen atoms in total. The first kappa shape index (κ1) is 16.7. The van der Waals surface area contributed by atoms with Gasteiger partial charge in [0, 0.05) is 24.0 Å². The normalized spacial score (nSPS) is 10.4. The molecule has 2 aromatic carbocycles. The summed E-state index contributed by atoms with van der Waals surface area (Å²) in [4.78, 5) is 23.9. The Labute approximate surface area is 135 Å². The van der Waals surface area contributed by atoms with Crippen LogP contribution < -0.4 is 0 Å². The molecule has 0 amide bonds. The molecule has 0 fully saturated rings. The van der Waals surface area contributed by atoms with Crippen LogP contribution in [0.5, 0.6) is 11.5 Å². The summed E-state index contributed by atoms with van der Waals surface area (Å²) in [6, 6.07) is 12.5. The van der Waals surface area contributed by atoms with Gasteiger partial charge in [-0.2, -0.15) is 0 Å². The minimum atomic E-state index is 0.0508. The number of carbonyl (C=O) groups excluding carboxylic acids is 2. The number of hydrogen-bond acceptors (Lipinski definition) is 4. The van der Waals surface area contributed by atoms with E-state index in [1.807, 2.05) is 0 Å². The third-order valence-electron chi connectivity index (χ3n) is 3.69. The number of aromatic hydroxyl groups is 2. The smallest absolute Gasteiger partial charge is 0.162 e. The van der Waals surface area contributed by atoms with Crippen molar-refractivity contribution in [3.63, 3.8) is 0 Å². The van der Waals surface area contributed by atoms with Crippen LogP contribution in [0, 0.1) is 0 Å². The summed E-state index contributed by atoms with van der Waals surface area (Å²) in [6.07, 6.45) is 3.18. The molecule has 0 aromatic heterocycles. The van der Waals surface area contributed by atoms with Crippen molar-refractivity contribution in [2.75, 3.05) is 0 Å². The van der Waals surface area contributed by atoms with Crippen LogP contribution in [0.1, 0.15) is 52.8 Å². The van der Waals surface area contributed by atoms with E-state index in [9.17, 15) is 19.8 Å². The van der Waals surface area contributed by atoms with Gasteiger partial charge in [-0.05, 0) is 61.4 Å². The van der Waals surface area contributed by atoms with Crippen LogP contribution in [0.15, 0.2) is 48.5 Å². The summed E-state index contributed by atoms with van der Waals surface area (Å²) in [5.74, 6) is 0.397. The summed E-state index contributed by atoms with van der Waals surface area (Å²) >= 11 is 0. The monoisotopic (exact) mass is 312 g/mol. The standard InChI is InChI=1S/C19H20O4/c20-16-10-6-14(7-11-16)18(22)4-2-1-3-5-19(23)15-8-12-17(21)13-9-15/h6-13,20-21H,1-5H2. The van der Waals surface area contributed by atoms with Gasteiger partial charge in [0.15, 0.2) is 11.6 Å². The van der Waals surface area contributed by atoms with Gasteiger partial charge in [-0.15, -0.1) is 0 Å². The van der Waals surface area contributed by atoms with E-state index in [0.29, 0.717) is 24.0 Å². The Bertz CT molecular complexity index is 597. The van der Waals surface area contributed by atoms with Crippen LogP contribution in [0.4, 0.5) is 0 Å². The lowest BCUT2D eigenvalue weighted by atomic mass is 10.0. The fourth-order valence-corrected chi connectivity index (χ4v) is 2.33. The van der Waals surface area contributed by atoms with Crippen molar-refractivity contribution >= 4 is 11.6 Å². The first-order valence-corrected chi connectivity index (χ1v) is 7.71. The lowest BCUT2D eigenvalue weighted by Gasteiger charge is -2.03. The van der Waals surface area contributed by atoms with Crippen molar-refractivity contribution in [2.45, 2.75) is 32.1 Å². The topological polar surface area (TPSA) is 74.6 Å². The first-order valence-electron chi connectivity index (χ1n) is 7.71. The number of hydrogen-bond donors (Lipinski definition) is 2. The lowest BCUT2D eigenvalue weighted by Crippen LogP contribution is -2.00. The molecule has 0 heterocycles. The Hall–Kier alpha value is -2.62. The van der Waals surface area contributed by atoms with E-state index in [1.165, 1.54) is 24.3 Å². The largest absolute Gasteiger partial charge is 0.508 e. The van der Waals surface area contributed by atoms with Crippen LogP contribution in [-0.4, -0.2) is 21.8 Å². The number of unbranched alkanes of at least 4 members (excludes halogenated alkanes) is 2. The van der Waals surface area contributed by atoms with Crippen molar-refractivity contribution in [1.29, 1.82) is 0 Å². The Morgan fingerprint density at radius 1 is 0.609 bits per heavy atom. The summed E-state index contributed by atoms with van der Waals surface area (Å²) in [6.45, 7) is 0. The molecule has 0 saturated carbocycles. The molecule has 2 aromatic rings. The molecule has 0 saturated heterocycles. The quantitative estimate of drug-likeness (QED) is 0.568. The molecule has 0 radical (unpaired) electrons. The maximum Gasteiger partial charge on any atom is 0.162 e. The van der Waals surface area contributed by atoms with Gasteiger partial charge in [-0.25, -0.2) is 0 Å². The second-order valence-corrected chi connectivity index (χ2v) is 5.50. The first-order chi connectivity index (χ1) is 11.1. The van der Waals surface area contributed by atoms with Crippen LogP contribution in [0.3, 0.4) is 0 Å². The Morgan fingerprint density at radius 3 is 1.30 bits per heavy atom. The Kier molecular flexibility index (Phi) is 5.92. The molecule has 0 bridgehead atoms. The van der Waals surface area contributed by atoms with Gasteiger partial charge in [-0.1, -0.05) is 6.42 Å². The highest BCUT2D eigenvalue weighted by molar-refractivity contribution is 5.96. The van der Waals surface area contributed by atoms with Gasteiger partial charge >= 0.3 is 0 Å². The summed E-state index contributed by atoms with van der Waals surface area (Å²) in [7, 11) is 0. The average Bonchev–Trinajstić information content (AvgIpc) is 2.55. The van der Waals surface area contributed by atoms with E-state index < -0.39 is 0 Å². The highest BCUT2D eigenvalue weighted by atomic mass is 16.3. The molecular weight excluding hydrogens is 292 g/mol. The van der Waals surface area contributed by atoms with Gasteiger partial charge in [0.05, 0.1) is 0 Å². The summed E-state index contributed by atoms with van der Waals surface area (Å²) in [5, 5.41) is 18.4. The molecule has 0 spiro atoms. The van der Waals surface area contributed by atoms with Crippen molar-refractivity contribution in [2.24, 2.45) is 0 Å². The van der Waals surface area contributed by atoms with Crippen molar-refractivity contribution in [3.05, 3.63) is 59.7 Å². The Balaban J connectivity index is 1.67. The van der Waals surface area contributed by atoms with Gasteiger partial charge in [-0.3, -0.25) is 9.59 Å². The molecule has 120 valence electrons. The zero-order chi connectivity index (χ0) is 16.7. The molecule has 4 heteroatoms. The zero-order valence-corrected chi connectivity index (χ0v) is 12.9. The van der Waals surface area contributed by atoms with E-state index in [4.69, 9.17) is 0 Å². The number of phenolic OH excluding ortho intramolecular Hbond substituents is 2. The summed E-state index contributed by atoms with van der Waals surface area (Å²) in [5.41, 5.74) is 1.20. The van der Waals surface area contributed by atoms with Gasteiger partial charge in [0.25, 0.3) is 0 Å². The van der Waals surface area contributed by atoms with Crippen molar-refractivity contribution < 1.29 is 19.8 Å².